The van der Waals surface area contributed by atoms with Gasteiger partial charge in [-0.05, 0) is 0 Å². The molecule has 0 spiro atoms. The summed E-state index contributed by atoms with van der Waals surface area (Å²) in [6.45, 7) is -5.34. The number of carbonyl (C=O) groups is 1. The minimum atomic E-state index is -5.34. The second-order valence-electron chi connectivity index (χ2n) is 9.98. The van der Waals surface area contributed by atoms with Crippen molar-refractivity contribution in [2.45, 2.75) is 0 Å². The molecule has 0 aliphatic carbocycles. The second kappa shape index (κ2) is 12.3. The van der Waals surface area contributed by atoms with E-state index in [1.54, 1.807) is 36.4 Å². The molecular weight excluding hydrogens is 644 g/mol. The Bertz CT molecular complexity index is 1560. The molecule has 0 saturated heterocycles. The summed E-state index contributed by atoms with van der Waals surface area (Å²) in [5.74, 6) is 0. The number of carbonyl (C=O) groups excluding carboxylic acids is 1. The SMILES string of the molecule is O=C([P+](c1ccccc1)(c1ccccc1)c1ccccc1)P(F)(c1ccccc1)(c1ccccc1)c1ccccc1.[Rh]. The molecule has 0 aliphatic rings. The summed E-state index contributed by atoms with van der Waals surface area (Å²) < 4.78 is 20.1. The van der Waals surface area contributed by atoms with Gasteiger partial charge in [0.15, 0.2) is 0 Å². The van der Waals surface area contributed by atoms with Crippen LogP contribution in [0.25, 0.3) is 0 Å². The summed E-state index contributed by atoms with van der Waals surface area (Å²) in [6, 6.07) is 56.9. The van der Waals surface area contributed by atoms with Gasteiger partial charge in [-0.1, -0.05) is 0 Å². The maximum absolute atomic E-state index is 20.1. The fourth-order valence-corrected chi connectivity index (χ4v) is 17.4. The minimum absolute atomic E-state index is 0. The molecule has 1 nitrogen and oxygen atoms in total. The fourth-order valence-electron chi connectivity index (χ4n) is 5.92. The molecule has 6 rings (SSSR count). The van der Waals surface area contributed by atoms with E-state index in [-0.39, 0.29) is 24.7 Å². The average molecular weight is 674 g/mol. The van der Waals surface area contributed by atoms with E-state index in [2.05, 4.69) is 0 Å². The number of hydrogen-bond donors (Lipinski definition) is 0. The Morgan fingerprint density at radius 3 is 0.857 bits per heavy atom. The third-order valence-electron chi connectivity index (χ3n) is 7.80. The van der Waals surface area contributed by atoms with E-state index in [1.807, 2.05) is 146 Å². The predicted molar refractivity (Wildman–Crippen MR) is 177 cm³/mol. The number of benzene rings is 6. The Morgan fingerprint density at radius 2 is 0.619 bits per heavy atom. The molecule has 0 atom stereocenters. The largest absolute Gasteiger partial charge is 0 e. The van der Waals surface area contributed by atoms with E-state index in [1.165, 1.54) is 0 Å². The summed E-state index contributed by atoms with van der Waals surface area (Å²) in [7, 11) is -3.28. The maximum Gasteiger partial charge on any atom is 0 e. The summed E-state index contributed by atoms with van der Waals surface area (Å²) in [6.07, 6.45) is 0. The third kappa shape index (κ3) is 4.53. The first-order valence-corrected chi connectivity index (χ1v) is 17.5. The first kappa shape index (κ1) is 29.9. The van der Waals surface area contributed by atoms with Gasteiger partial charge in [0.1, 0.15) is 0 Å². The smallest absolute Gasteiger partial charge is 0 e. The molecule has 0 heterocycles. The molecule has 6 aromatic rings. The molecule has 0 aromatic heterocycles. The zero-order valence-corrected chi connectivity index (χ0v) is 26.3. The van der Waals surface area contributed by atoms with Gasteiger partial charge in [0, 0.05) is 19.5 Å². The van der Waals surface area contributed by atoms with Crippen molar-refractivity contribution in [2.75, 3.05) is 0 Å². The van der Waals surface area contributed by atoms with Gasteiger partial charge in [-0.15, -0.1) is 0 Å². The van der Waals surface area contributed by atoms with Crippen molar-refractivity contribution >= 4 is 51.3 Å². The Balaban J connectivity index is 0.00000353. The molecule has 0 amide bonds. The molecular formula is C37H30FOP2Rh+. The van der Waals surface area contributed by atoms with Gasteiger partial charge in [0.2, 0.25) is 0 Å². The van der Waals surface area contributed by atoms with Crippen molar-refractivity contribution in [2.24, 2.45) is 0 Å². The van der Waals surface area contributed by atoms with E-state index in [0.29, 0.717) is 15.9 Å². The van der Waals surface area contributed by atoms with Crippen LogP contribution in [0.2, 0.25) is 0 Å². The standard InChI is InChI=1S/C37H30FOP2.Rh/c38-41(34-25-13-4-14-26-34,35-27-15-5-16-28-35,36-29-17-6-18-30-36)37(39)40(31-19-7-1-8-20-31,32-21-9-2-10-22-32)33-23-11-3-12-24-33;/h1-30H;/q+1;. The van der Waals surface area contributed by atoms with Crippen LogP contribution in [0.1, 0.15) is 0 Å². The normalized spacial score (nSPS) is 12.4. The number of halogens is 1. The topological polar surface area (TPSA) is 17.1 Å². The van der Waals surface area contributed by atoms with Gasteiger partial charge in [-0.3, -0.25) is 0 Å². The van der Waals surface area contributed by atoms with Crippen LogP contribution in [0.3, 0.4) is 0 Å². The van der Waals surface area contributed by atoms with Crippen molar-refractivity contribution in [3.8, 4) is 0 Å². The van der Waals surface area contributed by atoms with Crippen molar-refractivity contribution < 1.29 is 28.5 Å². The Hall–Kier alpha value is -3.60. The number of hydrogen-bond acceptors (Lipinski definition) is 1. The van der Waals surface area contributed by atoms with Gasteiger partial charge in [-0.25, -0.2) is 0 Å². The molecule has 0 fully saturated rings. The summed E-state index contributed by atoms with van der Waals surface area (Å²) in [5, 5.41) is 3.36. The van der Waals surface area contributed by atoms with E-state index >= 15 is 8.99 Å². The van der Waals surface area contributed by atoms with Crippen molar-refractivity contribution in [3.05, 3.63) is 182 Å². The van der Waals surface area contributed by atoms with Crippen LogP contribution in [0.15, 0.2) is 182 Å². The van der Waals surface area contributed by atoms with E-state index in [4.69, 9.17) is 0 Å². The van der Waals surface area contributed by atoms with Gasteiger partial charge < -0.3 is 0 Å². The molecule has 209 valence electrons. The van der Waals surface area contributed by atoms with E-state index in [0.717, 1.165) is 15.9 Å². The Labute approximate surface area is 260 Å². The van der Waals surface area contributed by atoms with Crippen LogP contribution >= 0.6 is 14.2 Å². The van der Waals surface area contributed by atoms with Gasteiger partial charge in [0.05, 0.1) is 0 Å². The van der Waals surface area contributed by atoms with Gasteiger partial charge in [0.25, 0.3) is 0 Å². The molecule has 5 heteroatoms. The first-order chi connectivity index (χ1) is 20.1. The number of rotatable bonds is 8. The zero-order chi connectivity index (χ0) is 28.2. The molecule has 0 unspecified atom stereocenters. The Kier molecular flexibility index (Phi) is 8.77. The van der Waals surface area contributed by atoms with E-state index in [9.17, 15) is 0 Å². The quantitative estimate of drug-likeness (QED) is 0.121. The molecule has 6 aromatic carbocycles. The first-order valence-electron chi connectivity index (χ1n) is 13.6. The molecule has 1 radical (unpaired) electrons. The van der Waals surface area contributed by atoms with Gasteiger partial charge >= 0.3 is 242 Å². The summed E-state index contributed by atoms with van der Waals surface area (Å²) in [5.41, 5.74) is 0. The third-order valence-corrected chi connectivity index (χ3v) is 18.1. The second-order valence-corrected chi connectivity index (χ2v) is 17.6. The maximum atomic E-state index is 20.1. The van der Waals surface area contributed by atoms with Crippen LogP contribution in [0.5, 0.6) is 0 Å². The predicted octanol–water partition coefficient (Wildman–Crippen LogP) is 7.51. The average Bonchev–Trinajstić information content (AvgIpc) is 3.07. The van der Waals surface area contributed by atoms with Crippen LogP contribution in [-0.2, 0) is 19.5 Å². The van der Waals surface area contributed by atoms with E-state index < -0.39 is 14.2 Å². The Morgan fingerprint density at radius 1 is 0.405 bits per heavy atom. The fraction of sp³-hybridized carbons (Fsp3) is 0. The summed E-state index contributed by atoms with van der Waals surface area (Å²) in [4.78, 5) is 16.3. The zero-order valence-electron chi connectivity index (χ0n) is 22.8. The van der Waals surface area contributed by atoms with Crippen LogP contribution in [0, 0.1) is 0 Å². The molecule has 0 saturated carbocycles. The van der Waals surface area contributed by atoms with Gasteiger partial charge in [-0.2, -0.15) is 0 Å². The summed E-state index contributed by atoms with van der Waals surface area (Å²) >= 11 is 0. The van der Waals surface area contributed by atoms with Crippen LogP contribution in [-0.4, -0.2) is 5.27 Å². The van der Waals surface area contributed by atoms with Crippen LogP contribution in [0.4, 0.5) is 8.99 Å². The molecule has 0 bridgehead atoms. The van der Waals surface area contributed by atoms with Crippen molar-refractivity contribution in [3.63, 3.8) is 0 Å². The minimum Gasteiger partial charge on any atom is 0 e. The van der Waals surface area contributed by atoms with Crippen molar-refractivity contribution in [1.82, 2.24) is 0 Å². The van der Waals surface area contributed by atoms with Crippen molar-refractivity contribution in [1.29, 1.82) is 0 Å². The molecule has 0 aliphatic heterocycles. The molecule has 42 heavy (non-hydrogen) atoms. The molecule has 0 N–H and O–H groups in total. The van der Waals surface area contributed by atoms with Crippen LogP contribution < -0.4 is 31.8 Å². The monoisotopic (exact) mass is 674 g/mol.